The first kappa shape index (κ1) is 12.3. The van der Waals surface area contributed by atoms with Crippen LogP contribution < -0.4 is 5.73 Å². The molecule has 0 bridgehead atoms. The highest BCUT2D eigenvalue weighted by atomic mass is 35.5. The van der Waals surface area contributed by atoms with Crippen molar-refractivity contribution in [3.63, 3.8) is 0 Å². The Kier molecular flexibility index (Phi) is 2.88. The number of nitrogens with two attached hydrogens (primary N) is 1. The van der Waals surface area contributed by atoms with Crippen molar-refractivity contribution in [2.45, 2.75) is 6.92 Å². The average Bonchev–Trinajstić information content (AvgIpc) is 2.69. The van der Waals surface area contributed by atoms with Crippen LogP contribution in [0.3, 0.4) is 0 Å². The predicted molar refractivity (Wildman–Crippen MR) is 79.8 cm³/mol. The van der Waals surface area contributed by atoms with Crippen molar-refractivity contribution in [3.8, 4) is 11.3 Å². The van der Waals surface area contributed by atoms with Gasteiger partial charge in [0, 0.05) is 11.8 Å². The second-order valence-corrected chi connectivity index (χ2v) is 5.26. The van der Waals surface area contributed by atoms with Gasteiger partial charge in [-0.25, -0.2) is 4.98 Å². The van der Waals surface area contributed by atoms with E-state index in [1.807, 2.05) is 31.2 Å². The summed E-state index contributed by atoms with van der Waals surface area (Å²) < 4.78 is 1.71. The molecule has 0 fully saturated rings. The lowest BCUT2D eigenvalue weighted by atomic mass is 10.1. The van der Waals surface area contributed by atoms with E-state index in [0.29, 0.717) is 27.2 Å². The van der Waals surface area contributed by atoms with Crippen LogP contribution in [0.5, 0.6) is 0 Å². The van der Waals surface area contributed by atoms with E-state index in [0.717, 1.165) is 5.56 Å². The van der Waals surface area contributed by atoms with Gasteiger partial charge in [-0.15, -0.1) is 0 Å². The molecule has 0 atom stereocenters. The van der Waals surface area contributed by atoms with Gasteiger partial charge in [0.25, 0.3) is 0 Å². The van der Waals surface area contributed by atoms with Gasteiger partial charge in [0.2, 0.25) is 0 Å². The molecule has 5 heteroatoms. The molecule has 0 aliphatic rings. The fraction of sp³-hybridized carbons (Fsp3) is 0.0714. The molecule has 3 rings (SSSR count). The van der Waals surface area contributed by atoms with Crippen molar-refractivity contribution in [3.05, 3.63) is 52.1 Å². The Hall–Kier alpha value is -1.71. The number of aryl methyl sites for hydroxylation is 1. The summed E-state index contributed by atoms with van der Waals surface area (Å²) in [5.74, 6) is 0.531. The molecular formula is C14H11Cl2N3. The molecule has 19 heavy (non-hydrogen) atoms. The van der Waals surface area contributed by atoms with Crippen molar-refractivity contribution in [2.75, 3.05) is 5.73 Å². The van der Waals surface area contributed by atoms with Crippen LogP contribution in [0.25, 0.3) is 16.9 Å². The lowest BCUT2D eigenvalue weighted by molar-refractivity contribution is 1.20. The van der Waals surface area contributed by atoms with E-state index >= 15 is 0 Å². The van der Waals surface area contributed by atoms with Gasteiger partial charge in [-0.2, -0.15) is 0 Å². The van der Waals surface area contributed by atoms with E-state index in [2.05, 4.69) is 4.98 Å². The molecule has 2 N–H and O–H groups in total. The third kappa shape index (κ3) is 2.05. The van der Waals surface area contributed by atoms with Crippen molar-refractivity contribution in [2.24, 2.45) is 0 Å². The minimum atomic E-state index is 0.484. The number of nitrogens with zero attached hydrogens (tertiary/aromatic N) is 2. The molecular weight excluding hydrogens is 281 g/mol. The molecule has 0 radical (unpaired) electrons. The number of nitrogen functional groups attached to an aromatic ring is 1. The number of rotatable bonds is 1. The van der Waals surface area contributed by atoms with Crippen molar-refractivity contribution < 1.29 is 0 Å². The van der Waals surface area contributed by atoms with Gasteiger partial charge in [0.15, 0.2) is 5.65 Å². The first-order chi connectivity index (χ1) is 9.06. The molecule has 0 saturated heterocycles. The van der Waals surface area contributed by atoms with Crippen LogP contribution in [0.1, 0.15) is 5.56 Å². The molecule has 0 spiro atoms. The Morgan fingerprint density at radius 1 is 1.16 bits per heavy atom. The largest absolute Gasteiger partial charge is 0.383 e. The van der Waals surface area contributed by atoms with Gasteiger partial charge in [0.05, 0.1) is 10.0 Å². The van der Waals surface area contributed by atoms with Crippen LogP contribution in [0.15, 0.2) is 36.5 Å². The fourth-order valence-electron chi connectivity index (χ4n) is 2.01. The maximum atomic E-state index is 6.14. The highest BCUT2D eigenvalue weighted by molar-refractivity contribution is 6.36. The zero-order valence-corrected chi connectivity index (χ0v) is 11.7. The smallest absolute Gasteiger partial charge is 0.158 e. The lowest BCUT2D eigenvalue weighted by Crippen LogP contribution is -1.94. The number of pyridine rings is 1. The third-order valence-electron chi connectivity index (χ3n) is 3.00. The summed E-state index contributed by atoms with van der Waals surface area (Å²) in [6.07, 6.45) is 1.71. The maximum Gasteiger partial charge on any atom is 0.158 e. The summed E-state index contributed by atoms with van der Waals surface area (Å²) in [5, 5.41) is 1.01. The Balaban J connectivity index is 2.28. The number of aromatic nitrogens is 2. The van der Waals surface area contributed by atoms with Crippen LogP contribution in [-0.2, 0) is 0 Å². The van der Waals surface area contributed by atoms with E-state index in [-0.39, 0.29) is 0 Å². The Labute approximate surface area is 120 Å². The number of hydrogen-bond acceptors (Lipinski definition) is 2. The van der Waals surface area contributed by atoms with Gasteiger partial charge in [-0.1, -0.05) is 53.0 Å². The van der Waals surface area contributed by atoms with Crippen LogP contribution in [0.4, 0.5) is 5.82 Å². The highest BCUT2D eigenvalue weighted by Crippen LogP contribution is 2.31. The fourth-order valence-corrected chi connectivity index (χ4v) is 2.53. The molecule has 0 aliphatic carbocycles. The summed E-state index contributed by atoms with van der Waals surface area (Å²) in [6, 6.07) is 9.68. The van der Waals surface area contributed by atoms with E-state index in [1.165, 1.54) is 5.56 Å². The topological polar surface area (TPSA) is 43.3 Å². The number of fused-ring (bicyclic) bond motifs is 1. The minimum Gasteiger partial charge on any atom is -0.383 e. The summed E-state index contributed by atoms with van der Waals surface area (Å²) in [6.45, 7) is 2.04. The second kappa shape index (κ2) is 4.44. The molecule has 3 aromatic rings. The zero-order valence-electron chi connectivity index (χ0n) is 10.2. The molecule has 1 aromatic carbocycles. The predicted octanol–water partition coefficient (Wildman–Crippen LogP) is 4.20. The minimum absolute atomic E-state index is 0.484. The Morgan fingerprint density at radius 2 is 1.84 bits per heavy atom. The highest BCUT2D eigenvalue weighted by Gasteiger charge is 2.14. The van der Waals surface area contributed by atoms with Gasteiger partial charge in [-0.3, -0.25) is 4.40 Å². The van der Waals surface area contributed by atoms with E-state index < -0.39 is 0 Å². The van der Waals surface area contributed by atoms with Gasteiger partial charge in [0.1, 0.15) is 11.5 Å². The molecule has 0 unspecified atom stereocenters. The normalized spacial score (nSPS) is 11.1. The third-order valence-corrected chi connectivity index (χ3v) is 3.49. The summed E-state index contributed by atoms with van der Waals surface area (Å²) in [5.41, 5.74) is 9.60. The molecule has 2 aromatic heterocycles. The first-order valence-electron chi connectivity index (χ1n) is 5.76. The average molecular weight is 292 g/mol. The van der Waals surface area contributed by atoms with Gasteiger partial charge in [-0.05, 0) is 13.0 Å². The van der Waals surface area contributed by atoms with Crippen LogP contribution in [0, 0.1) is 6.92 Å². The van der Waals surface area contributed by atoms with Crippen LogP contribution in [-0.4, -0.2) is 9.38 Å². The standard InChI is InChI=1S/C14H11Cl2N3/c1-8-2-4-9(5-3-8)12-13(17)19-7-10(15)6-11(16)14(19)18-12/h2-7H,17H2,1H3. The van der Waals surface area contributed by atoms with Crippen molar-refractivity contribution in [1.29, 1.82) is 0 Å². The number of anilines is 1. The number of halogens is 2. The quantitative estimate of drug-likeness (QED) is 0.730. The number of hydrogen-bond donors (Lipinski definition) is 1. The van der Waals surface area contributed by atoms with Crippen LogP contribution in [0.2, 0.25) is 10.0 Å². The summed E-state index contributed by atoms with van der Waals surface area (Å²) in [7, 11) is 0. The zero-order chi connectivity index (χ0) is 13.6. The number of imidazole rings is 1. The lowest BCUT2D eigenvalue weighted by Gasteiger charge is -2.00. The second-order valence-electron chi connectivity index (χ2n) is 4.41. The first-order valence-corrected chi connectivity index (χ1v) is 6.51. The molecule has 96 valence electrons. The maximum absolute atomic E-state index is 6.14. The number of benzene rings is 1. The molecule has 0 aliphatic heterocycles. The molecule has 3 nitrogen and oxygen atoms in total. The SMILES string of the molecule is Cc1ccc(-c2nc3c(Cl)cc(Cl)cn3c2N)cc1. The van der Waals surface area contributed by atoms with E-state index in [4.69, 9.17) is 28.9 Å². The summed E-state index contributed by atoms with van der Waals surface area (Å²) >= 11 is 12.1. The monoisotopic (exact) mass is 291 g/mol. The molecule has 2 heterocycles. The Bertz CT molecular complexity index is 760. The van der Waals surface area contributed by atoms with Gasteiger partial charge < -0.3 is 5.73 Å². The van der Waals surface area contributed by atoms with Crippen molar-refractivity contribution >= 4 is 34.7 Å². The van der Waals surface area contributed by atoms with Gasteiger partial charge >= 0.3 is 0 Å². The van der Waals surface area contributed by atoms with E-state index in [1.54, 1.807) is 16.7 Å². The van der Waals surface area contributed by atoms with Crippen LogP contribution >= 0.6 is 23.2 Å². The Morgan fingerprint density at radius 3 is 2.53 bits per heavy atom. The molecule has 0 amide bonds. The molecule has 0 saturated carbocycles. The summed E-state index contributed by atoms with van der Waals surface area (Å²) in [4.78, 5) is 4.50. The van der Waals surface area contributed by atoms with E-state index in [9.17, 15) is 0 Å². The van der Waals surface area contributed by atoms with Crippen molar-refractivity contribution in [1.82, 2.24) is 9.38 Å².